The van der Waals surface area contributed by atoms with E-state index in [1.54, 1.807) is 0 Å². The van der Waals surface area contributed by atoms with Gasteiger partial charge in [-0.3, -0.25) is 0 Å². The summed E-state index contributed by atoms with van der Waals surface area (Å²) in [6, 6.07) is 0. The van der Waals surface area contributed by atoms with Crippen LogP contribution in [0.1, 0.15) is 38.5 Å². The first-order valence-corrected chi connectivity index (χ1v) is 6.26. The van der Waals surface area contributed by atoms with E-state index < -0.39 is 0 Å². The SMILES string of the molecule is C(CCC1CO1)COCCCCC1CO1. The zero-order valence-electron chi connectivity index (χ0n) is 9.45. The van der Waals surface area contributed by atoms with E-state index in [-0.39, 0.29) is 0 Å². The van der Waals surface area contributed by atoms with Gasteiger partial charge in [-0.25, -0.2) is 0 Å². The van der Waals surface area contributed by atoms with Crippen molar-refractivity contribution in [1.29, 1.82) is 0 Å². The maximum absolute atomic E-state index is 5.56. The van der Waals surface area contributed by atoms with Crippen LogP contribution in [0.3, 0.4) is 0 Å². The van der Waals surface area contributed by atoms with Crippen LogP contribution in [-0.2, 0) is 14.2 Å². The monoisotopic (exact) mass is 214 g/mol. The van der Waals surface area contributed by atoms with Crippen LogP contribution in [0.2, 0.25) is 0 Å². The minimum Gasteiger partial charge on any atom is -0.381 e. The zero-order chi connectivity index (χ0) is 10.3. The van der Waals surface area contributed by atoms with Crippen LogP contribution in [0.4, 0.5) is 0 Å². The van der Waals surface area contributed by atoms with Crippen LogP contribution in [0, 0.1) is 0 Å². The summed E-state index contributed by atoms with van der Waals surface area (Å²) in [5.41, 5.74) is 0. The first kappa shape index (κ1) is 11.4. The Balaban J connectivity index is 1.23. The Hall–Kier alpha value is -0.120. The van der Waals surface area contributed by atoms with Crippen LogP contribution < -0.4 is 0 Å². The molecule has 0 N–H and O–H groups in total. The second-order valence-corrected chi connectivity index (χ2v) is 4.51. The molecule has 3 nitrogen and oxygen atoms in total. The van der Waals surface area contributed by atoms with Crippen LogP contribution in [0.25, 0.3) is 0 Å². The molecule has 3 heteroatoms. The Labute approximate surface area is 92.1 Å². The normalized spacial score (nSPS) is 28.0. The molecular weight excluding hydrogens is 192 g/mol. The minimum atomic E-state index is 0.587. The lowest BCUT2D eigenvalue weighted by Gasteiger charge is -2.03. The Kier molecular flexibility index (Phi) is 4.90. The van der Waals surface area contributed by atoms with Crippen LogP contribution in [0.15, 0.2) is 0 Å². The highest BCUT2D eigenvalue weighted by molar-refractivity contribution is 4.68. The third-order valence-electron chi connectivity index (χ3n) is 2.93. The second-order valence-electron chi connectivity index (χ2n) is 4.51. The van der Waals surface area contributed by atoms with Gasteiger partial charge in [-0.1, -0.05) is 0 Å². The number of hydrogen-bond acceptors (Lipinski definition) is 3. The predicted octanol–water partition coefficient (Wildman–Crippen LogP) is 2.14. The van der Waals surface area contributed by atoms with Crippen molar-refractivity contribution in [3.8, 4) is 0 Å². The van der Waals surface area contributed by atoms with Gasteiger partial charge in [0.2, 0.25) is 0 Å². The third-order valence-corrected chi connectivity index (χ3v) is 2.93. The highest BCUT2D eigenvalue weighted by atomic mass is 16.6. The Morgan fingerprint density at radius 2 is 1.27 bits per heavy atom. The largest absolute Gasteiger partial charge is 0.381 e. The molecule has 0 radical (unpaired) electrons. The van der Waals surface area contributed by atoms with Gasteiger partial charge in [-0.2, -0.15) is 0 Å². The summed E-state index contributed by atoms with van der Waals surface area (Å²) in [7, 11) is 0. The highest BCUT2D eigenvalue weighted by Crippen LogP contribution is 2.17. The van der Waals surface area contributed by atoms with E-state index in [0.29, 0.717) is 12.2 Å². The van der Waals surface area contributed by atoms with E-state index in [1.165, 1.54) is 38.5 Å². The smallest absolute Gasteiger partial charge is 0.0810 e. The molecule has 2 aliphatic heterocycles. The standard InChI is InChI=1S/C12H22O3/c1(5-11-9-14-11)3-7-13-8-4-2-6-12-10-15-12/h11-12H,1-10H2. The van der Waals surface area contributed by atoms with Gasteiger partial charge in [0.1, 0.15) is 0 Å². The highest BCUT2D eigenvalue weighted by Gasteiger charge is 2.21. The first-order chi connectivity index (χ1) is 7.45. The van der Waals surface area contributed by atoms with Crippen LogP contribution in [0.5, 0.6) is 0 Å². The number of rotatable bonds is 10. The lowest BCUT2D eigenvalue weighted by molar-refractivity contribution is 0.125. The van der Waals surface area contributed by atoms with Crippen molar-refractivity contribution in [2.75, 3.05) is 26.4 Å². The van der Waals surface area contributed by atoms with Crippen LogP contribution >= 0.6 is 0 Å². The molecule has 2 aliphatic rings. The summed E-state index contributed by atoms with van der Waals surface area (Å²) in [5.74, 6) is 0. The van der Waals surface area contributed by atoms with E-state index in [9.17, 15) is 0 Å². The topological polar surface area (TPSA) is 34.3 Å². The molecule has 2 saturated heterocycles. The van der Waals surface area contributed by atoms with Crippen molar-refractivity contribution in [1.82, 2.24) is 0 Å². The number of hydrogen-bond donors (Lipinski definition) is 0. The molecule has 2 fully saturated rings. The van der Waals surface area contributed by atoms with Crippen molar-refractivity contribution in [2.45, 2.75) is 50.7 Å². The lowest BCUT2D eigenvalue weighted by Crippen LogP contribution is -1.98. The number of unbranched alkanes of at least 4 members (excludes halogenated alkanes) is 2. The summed E-state index contributed by atoms with van der Waals surface area (Å²) in [6.07, 6.45) is 8.50. The van der Waals surface area contributed by atoms with Gasteiger partial charge in [0, 0.05) is 13.2 Å². The molecule has 0 aromatic rings. The molecule has 88 valence electrons. The number of ether oxygens (including phenoxy) is 3. The van der Waals surface area contributed by atoms with Gasteiger partial charge in [0.05, 0.1) is 25.4 Å². The molecule has 2 heterocycles. The maximum Gasteiger partial charge on any atom is 0.0810 e. The lowest BCUT2D eigenvalue weighted by atomic mass is 10.2. The molecule has 2 unspecified atom stereocenters. The van der Waals surface area contributed by atoms with Crippen molar-refractivity contribution in [2.24, 2.45) is 0 Å². The van der Waals surface area contributed by atoms with Crippen molar-refractivity contribution in [3.63, 3.8) is 0 Å². The van der Waals surface area contributed by atoms with Gasteiger partial charge in [-0.05, 0) is 38.5 Å². The molecule has 15 heavy (non-hydrogen) atoms. The van der Waals surface area contributed by atoms with Gasteiger partial charge in [0.25, 0.3) is 0 Å². The zero-order valence-corrected chi connectivity index (χ0v) is 9.45. The molecule has 0 bridgehead atoms. The van der Waals surface area contributed by atoms with E-state index in [4.69, 9.17) is 14.2 Å². The summed E-state index contributed by atoms with van der Waals surface area (Å²) < 4.78 is 15.8. The van der Waals surface area contributed by atoms with Crippen molar-refractivity contribution >= 4 is 0 Å². The van der Waals surface area contributed by atoms with Gasteiger partial charge < -0.3 is 14.2 Å². The van der Waals surface area contributed by atoms with Crippen LogP contribution in [-0.4, -0.2) is 38.6 Å². The van der Waals surface area contributed by atoms with E-state index >= 15 is 0 Å². The summed E-state index contributed by atoms with van der Waals surface area (Å²) in [5, 5.41) is 0. The third kappa shape index (κ3) is 6.13. The Bertz CT molecular complexity index is 146. The predicted molar refractivity (Wildman–Crippen MR) is 58.0 cm³/mol. The van der Waals surface area contributed by atoms with E-state index in [0.717, 1.165) is 26.4 Å². The fraction of sp³-hybridized carbons (Fsp3) is 1.00. The van der Waals surface area contributed by atoms with Crippen molar-refractivity contribution < 1.29 is 14.2 Å². The fourth-order valence-electron chi connectivity index (χ4n) is 1.72. The van der Waals surface area contributed by atoms with Gasteiger partial charge in [0.15, 0.2) is 0 Å². The molecular formula is C12H22O3. The average Bonchev–Trinajstić information content (AvgIpc) is 3.10. The van der Waals surface area contributed by atoms with E-state index in [2.05, 4.69) is 0 Å². The van der Waals surface area contributed by atoms with Crippen molar-refractivity contribution in [3.05, 3.63) is 0 Å². The van der Waals surface area contributed by atoms with Gasteiger partial charge >= 0.3 is 0 Å². The Morgan fingerprint density at radius 1 is 0.800 bits per heavy atom. The molecule has 0 aromatic carbocycles. The summed E-state index contributed by atoms with van der Waals surface area (Å²) >= 11 is 0. The molecule has 0 amide bonds. The molecule has 2 rings (SSSR count). The first-order valence-electron chi connectivity index (χ1n) is 6.26. The summed E-state index contributed by atoms with van der Waals surface area (Å²) in [6.45, 7) is 3.83. The second kappa shape index (κ2) is 6.46. The maximum atomic E-state index is 5.56. The molecule has 0 aromatic heterocycles. The Morgan fingerprint density at radius 3 is 1.67 bits per heavy atom. The molecule has 0 saturated carbocycles. The average molecular weight is 214 g/mol. The molecule has 0 aliphatic carbocycles. The number of epoxide rings is 2. The summed E-state index contributed by atoms with van der Waals surface area (Å²) in [4.78, 5) is 0. The quantitative estimate of drug-likeness (QED) is 0.413. The molecule has 2 atom stereocenters. The molecule has 0 spiro atoms. The van der Waals surface area contributed by atoms with Gasteiger partial charge in [-0.15, -0.1) is 0 Å². The van der Waals surface area contributed by atoms with E-state index in [1.807, 2.05) is 0 Å². The minimum absolute atomic E-state index is 0.587. The fourth-order valence-corrected chi connectivity index (χ4v) is 1.72.